The van der Waals surface area contributed by atoms with Crippen LogP contribution in [0.5, 0.6) is 0 Å². The van der Waals surface area contributed by atoms with Crippen molar-refractivity contribution < 1.29 is 13.6 Å². The van der Waals surface area contributed by atoms with Crippen molar-refractivity contribution in [2.24, 2.45) is 0 Å². The molecule has 98 valence electrons. The normalized spacial score (nSPS) is 10.5. The second-order valence-electron chi connectivity index (χ2n) is 3.74. The third-order valence-electron chi connectivity index (χ3n) is 2.45. The van der Waals surface area contributed by atoms with Gasteiger partial charge in [-0.2, -0.15) is 0 Å². The van der Waals surface area contributed by atoms with Crippen LogP contribution in [-0.4, -0.2) is 11.5 Å². The molecule has 0 aliphatic heterocycles. The van der Waals surface area contributed by atoms with Gasteiger partial charge in [0.1, 0.15) is 11.6 Å². The summed E-state index contributed by atoms with van der Waals surface area (Å²) >= 11 is 4.09. The molecule has 0 atom stereocenters. The first kappa shape index (κ1) is 14.2. The van der Waals surface area contributed by atoms with E-state index in [1.807, 2.05) is 0 Å². The Balaban J connectivity index is 2.10. The molecule has 2 aromatic rings. The van der Waals surface area contributed by atoms with Crippen molar-refractivity contribution in [1.82, 2.24) is 0 Å². The van der Waals surface area contributed by atoms with Crippen LogP contribution in [0, 0.1) is 11.6 Å². The number of carbonyl (C=O) groups excluding carboxylic acids is 1. The maximum Gasteiger partial charge on any atom is 0.176 e. The highest BCUT2D eigenvalue weighted by Crippen LogP contribution is 2.24. The second kappa shape index (κ2) is 6.30. The summed E-state index contributed by atoms with van der Waals surface area (Å²) < 4.78 is 27.3. The van der Waals surface area contributed by atoms with E-state index < -0.39 is 5.82 Å². The number of rotatable bonds is 4. The number of Topliss-reactive ketones (excluding diaryl/α,β-unsaturated/α-hetero) is 1. The van der Waals surface area contributed by atoms with E-state index in [0.29, 0.717) is 4.90 Å². The Kier molecular flexibility index (Phi) is 4.71. The molecule has 0 saturated heterocycles. The average molecular weight is 343 g/mol. The SMILES string of the molecule is O=C(CSc1ccccc1F)c1cccc(Br)c1F. The molecule has 0 amide bonds. The van der Waals surface area contributed by atoms with Crippen molar-refractivity contribution in [3.8, 4) is 0 Å². The number of carbonyl (C=O) groups is 1. The van der Waals surface area contributed by atoms with Gasteiger partial charge in [0.25, 0.3) is 0 Å². The molecule has 0 saturated carbocycles. The van der Waals surface area contributed by atoms with E-state index in [-0.39, 0.29) is 27.4 Å². The van der Waals surface area contributed by atoms with Crippen molar-refractivity contribution in [1.29, 1.82) is 0 Å². The van der Waals surface area contributed by atoms with Gasteiger partial charge in [-0.05, 0) is 40.2 Å². The summed E-state index contributed by atoms with van der Waals surface area (Å²) in [7, 11) is 0. The molecule has 0 fully saturated rings. The van der Waals surface area contributed by atoms with Crippen molar-refractivity contribution in [3.63, 3.8) is 0 Å². The highest BCUT2D eigenvalue weighted by Gasteiger charge is 2.14. The quantitative estimate of drug-likeness (QED) is 0.591. The van der Waals surface area contributed by atoms with E-state index in [9.17, 15) is 13.6 Å². The van der Waals surface area contributed by atoms with Crippen LogP contribution in [-0.2, 0) is 0 Å². The molecule has 0 N–H and O–H groups in total. The minimum absolute atomic E-state index is 0.00565. The Morgan fingerprint density at radius 3 is 2.58 bits per heavy atom. The first-order valence-electron chi connectivity index (χ1n) is 5.44. The Morgan fingerprint density at radius 1 is 1.11 bits per heavy atom. The largest absolute Gasteiger partial charge is 0.293 e. The Labute approximate surface area is 122 Å². The number of thioether (sulfide) groups is 1. The molecule has 19 heavy (non-hydrogen) atoms. The minimum Gasteiger partial charge on any atom is -0.293 e. The fourth-order valence-corrected chi connectivity index (χ4v) is 2.69. The standard InChI is InChI=1S/C14H9BrF2OS/c15-10-5-3-4-9(14(10)17)12(18)8-19-13-7-2-1-6-11(13)16/h1-7H,8H2. The molecular formula is C14H9BrF2OS. The molecule has 0 unspecified atom stereocenters. The molecule has 0 aliphatic rings. The smallest absolute Gasteiger partial charge is 0.176 e. The molecular weight excluding hydrogens is 334 g/mol. The minimum atomic E-state index is -0.582. The number of benzene rings is 2. The lowest BCUT2D eigenvalue weighted by molar-refractivity contribution is 0.101. The van der Waals surface area contributed by atoms with Gasteiger partial charge in [0.2, 0.25) is 0 Å². The van der Waals surface area contributed by atoms with E-state index in [0.717, 1.165) is 11.8 Å². The maximum absolute atomic E-state index is 13.7. The summed E-state index contributed by atoms with van der Waals surface area (Å²) in [6, 6.07) is 10.7. The van der Waals surface area contributed by atoms with Gasteiger partial charge in [-0.15, -0.1) is 11.8 Å². The van der Waals surface area contributed by atoms with E-state index >= 15 is 0 Å². The summed E-state index contributed by atoms with van der Waals surface area (Å²) in [6.45, 7) is 0. The van der Waals surface area contributed by atoms with Gasteiger partial charge in [0.05, 0.1) is 15.8 Å². The topological polar surface area (TPSA) is 17.1 Å². The summed E-state index contributed by atoms with van der Waals surface area (Å²) in [5.41, 5.74) is 0.0122. The van der Waals surface area contributed by atoms with Crippen LogP contribution in [0.15, 0.2) is 51.8 Å². The van der Waals surface area contributed by atoms with E-state index in [1.165, 1.54) is 18.2 Å². The monoisotopic (exact) mass is 342 g/mol. The Morgan fingerprint density at radius 2 is 1.84 bits per heavy atom. The van der Waals surface area contributed by atoms with Gasteiger partial charge in [0, 0.05) is 4.90 Å². The lowest BCUT2D eigenvalue weighted by Crippen LogP contribution is -2.05. The van der Waals surface area contributed by atoms with Crippen molar-refractivity contribution in [2.45, 2.75) is 4.90 Å². The highest BCUT2D eigenvalue weighted by molar-refractivity contribution is 9.10. The molecule has 0 aromatic heterocycles. The van der Waals surface area contributed by atoms with Crippen LogP contribution in [0.2, 0.25) is 0 Å². The van der Waals surface area contributed by atoms with Crippen LogP contribution in [0.1, 0.15) is 10.4 Å². The molecule has 1 nitrogen and oxygen atoms in total. The van der Waals surface area contributed by atoms with Gasteiger partial charge in [-0.25, -0.2) is 8.78 Å². The molecule has 0 radical (unpaired) electrons. The number of ketones is 1. The summed E-state index contributed by atoms with van der Waals surface area (Å²) in [6.07, 6.45) is 0. The lowest BCUT2D eigenvalue weighted by Gasteiger charge is -2.05. The molecule has 5 heteroatoms. The van der Waals surface area contributed by atoms with Crippen molar-refractivity contribution in [2.75, 3.05) is 5.75 Å². The van der Waals surface area contributed by atoms with Crippen molar-refractivity contribution in [3.05, 3.63) is 64.1 Å². The summed E-state index contributed by atoms with van der Waals surface area (Å²) in [5.74, 6) is -1.34. The van der Waals surface area contributed by atoms with Crippen LogP contribution in [0.3, 0.4) is 0 Å². The van der Waals surface area contributed by atoms with Gasteiger partial charge >= 0.3 is 0 Å². The second-order valence-corrected chi connectivity index (χ2v) is 5.62. The van der Waals surface area contributed by atoms with Gasteiger partial charge in [-0.1, -0.05) is 18.2 Å². The van der Waals surface area contributed by atoms with Gasteiger partial charge in [0.15, 0.2) is 5.78 Å². The van der Waals surface area contributed by atoms with Crippen LogP contribution in [0.4, 0.5) is 8.78 Å². The predicted octanol–water partition coefficient (Wildman–Crippen LogP) is 4.70. The Hall–Kier alpha value is -1.20. The van der Waals surface area contributed by atoms with Gasteiger partial charge in [-0.3, -0.25) is 4.79 Å². The van der Waals surface area contributed by atoms with Crippen LogP contribution >= 0.6 is 27.7 Å². The first-order chi connectivity index (χ1) is 9.09. The van der Waals surface area contributed by atoms with E-state index in [2.05, 4.69) is 15.9 Å². The first-order valence-corrected chi connectivity index (χ1v) is 7.22. The van der Waals surface area contributed by atoms with Crippen molar-refractivity contribution >= 4 is 33.5 Å². The van der Waals surface area contributed by atoms with E-state index in [4.69, 9.17) is 0 Å². The number of hydrogen-bond donors (Lipinski definition) is 0. The fraction of sp³-hybridized carbons (Fsp3) is 0.0714. The van der Waals surface area contributed by atoms with E-state index in [1.54, 1.807) is 24.3 Å². The lowest BCUT2D eigenvalue weighted by atomic mass is 10.1. The van der Waals surface area contributed by atoms with Gasteiger partial charge < -0.3 is 0 Å². The summed E-state index contributed by atoms with van der Waals surface area (Å²) in [4.78, 5) is 12.3. The average Bonchev–Trinajstić information content (AvgIpc) is 2.40. The molecule has 0 spiro atoms. The van der Waals surface area contributed by atoms with Crippen LogP contribution < -0.4 is 0 Å². The molecule has 2 rings (SSSR count). The predicted molar refractivity (Wildman–Crippen MR) is 75.6 cm³/mol. The Bertz CT molecular complexity index is 616. The zero-order valence-corrected chi connectivity index (χ0v) is 12.1. The molecule has 0 bridgehead atoms. The molecule has 2 aromatic carbocycles. The zero-order valence-electron chi connectivity index (χ0n) is 9.70. The molecule has 0 heterocycles. The summed E-state index contributed by atoms with van der Waals surface area (Å²) in [5, 5.41) is 0. The van der Waals surface area contributed by atoms with Crippen LogP contribution in [0.25, 0.3) is 0 Å². The number of hydrogen-bond acceptors (Lipinski definition) is 2. The zero-order chi connectivity index (χ0) is 13.8. The number of halogens is 3. The highest BCUT2D eigenvalue weighted by atomic mass is 79.9. The maximum atomic E-state index is 13.7. The molecule has 0 aliphatic carbocycles. The third kappa shape index (κ3) is 3.42. The fourth-order valence-electron chi connectivity index (χ4n) is 1.50. The third-order valence-corrected chi connectivity index (χ3v) is 4.11.